The first-order valence-electron chi connectivity index (χ1n) is 11.9. The van der Waals surface area contributed by atoms with Crippen LogP contribution in [-0.2, 0) is 15.6 Å². The zero-order valence-electron chi connectivity index (χ0n) is 19.9. The van der Waals surface area contributed by atoms with Crippen LogP contribution in [0.4, 0.5) is 10.1 Å². The van der Waals surface area contributed by atoms with Crippen molar-refractivity contribution in [2.45, 2.75) is 50.1 Å². The highest BCUT2D eigenvalue weighted by molar-refractivity contribution is 7.89. The first-order chi connectivity index (χ1) is 16.2. The number of nitrogens with zero attached hydrogens (tertiary/aromatic N) is 3. The Bertz CT molecular complexity index is 1330. The summed E-state index contributed by atoms with van der Waals surface area (Å²) in [5.74, 6) is -0.404. The predicted molar refractivity (Wildman–Crippen MR) is 133 cm³/mol. The van der Waals surface area contributed by atoms with Gasteiger partial charge in [0.05, 0.1) is 10.4 Å². The Balaban J connectivity index is 1.44. The van der Waals surface area contributed by atoms with Crippen LogP contribution in [0, 0.1) is 12.7 Å². The number of pyridine rings is 1. The standard InChI is InChI=1S/C26H31FN4O2S/c1-18(2)30-13-15-31(16-14-30)20-7-6-19(3)24(17-20)34(32,33)29-26(10-11-26)22-8-9-23(27)25-21(22)5-4-12-28-25/h4-9,12,17-18,29H,10-11,13-16H2,1-3H3. The van der Waals surface area contributed by atoms with Crippen LogP contribution in [0.2, 0.25) is 0 Å². The second-order valence-electron chi connectivity index (χ2n) is 9.75. The number of nitrogens with one attached hydrogen (secondary N) is 1. The van der Waals surface area contributed by atoms with Crippen molar-refractivity contribution in [1.82, 2.24) is 14.6 Å². The van der Waals surface area contributed by atoms with Gasteiger partial charge >= 0.3 is 0 Å². The van der Waals surface area contributed by atoms with Crippen molar-refractivity contribution in [3.63, 3.8) is 0 Å². The maximum Gasteiger partial charge on any atom is 0.241 e. The molecule has 2 aromatic carbocycles. The van der Waals surface area contributed by atoms with Gasteiger partial charge in [0.1, 0.15) is 11.3 Å². The van der Waals surface area contributed by atoms with Crippen LogP contribution in [0.15, 0.2) is 53.6 Å². The first-order valence-corrected chi connectivity index (χ1v) is 13.4. The van der Waals surface area contributed by atoms with E-state index in [9.17, 15) is 12.8 Å². The number of hydrogen-bond acceptors (Lipinski definition) is 5. The summed E-state index contributed by atoms with van der Waals surface area (Å²) < 4.78 is 44.6. The van der Waals surface area contributed by atoms with E-state index in [1.54, 1.807) is 30.5 Å². The maximum absolute atomic E-state index is 14.3. The second-order valence-corrected chi connectivity index (χ2v) is 11.4. The van der Waals surface area contributed by atoms with Gasteiger partial charge < -0.3 is 4.90 Å². The monoisotopic (exact) mass is 482 g/mol. The minimum Gasteiger partial charge on any atom is -0.369 e. The summed E-state index contributed by atoms with van der Waals surface area (Å²) in [5, 5.41) is 0.649. The molecule has 2 heterocycles. The van der Waals surface area contributed by atoms with Gasteiger partial charge in [0.15, 0.2) is 0 Å². The van der Waals surface area contributed by atoms with Crippen molar-refractivity contribution in [2.24, 2.45) is 0 Å². The average Bonchev–Trinajstić information content (AvgIpc) is 3.59. The number of hydrogen-bond donors (Lipinski definition) is 1. The summed E-state index contributed by atoms with van der Waals surface area (Å²) in [5.41, 5.74) is 1.94. The molecule has 1 saturated carbocycles. The Labute approximate surface area is 200 Å². The number of halogens is 1. The molecule has 1 aromatic heterocycles. The fourth-order valence-corrected chi connectivity index (χ4v) is 6.70. The zero-order chi connectivity index (χ0) is 24.1. The number of anilines is 1. The summed E-state index contributed by atoms with van der Waals surface area (Å²) >= 11 is 0. The second kappa shape index (κ2) is 8.59. The molecule has 6 nitrogen and oxygen atoms in total. The van der Waals surface area contributed by atoms with Gasteiger partial charge in [-0.3, -0.25) is 9.88 Å². The molecule has 0 unspecified atom stereocenters. The van der Waals surface area contributed by atoms with Gasteiger partial charge in [0, 0.05) is 49.5 Å². The molecule has 0 spiro atoms. The van der Waals surface area contributed by atoms with Crippen LogP contribution in [0.5, 0.6) is 0 Å². The third kappa shape index (κ3) is 4.19. The van der Waals surface area contributed by atoms with E-state index in [-0.39, 0.29) is 5.52 Å². The number of benzene rings is 2. The van der Waals surface area contributed by atoms with Crippen LogP contribution in [0.3, 0.4) is 0 Å². The Morgan fingerprint density at radius 1 is 1.06 bits per heavy atom. The Morgan fingerprint density at radius 3 is 2.47 bits per heavy atom. The van der Waals surface area contributed by atoms with E-state index in [1.165, 1.54) is 6.07 Å². The molecule has 0 amide bonds. The number of aryl methyl sites for hydroxylation is 1. The van der Waals surface area contributed by atoms with E-state index in [2.05, 4.69) is 33.4 Å². The van der Waals surface area contributed by atoms with Crippen LogP contribution in [0.1, 0.15) is 37.8 Å². The van der Waals surface area contributed by atoms with Crippen molar-refractivity contribution in [3.8, 4) is 0 Å². The van der Waals surface area contributed by atoms with E-state index in [1.807, 2.05) is 19.1 Å². The maximum atomic E-state index is 14.3. The highest BCUT2D eigenvalue weighted by Gasteiger charge is 2.49. The lowest BCUT2D eigenvalue weighted by Gasteiger charge is -2.38. The third-order valence-electron chi connectivity index (χ3n) is 7.19. The van der Waals surface area contributed by atoms with Gasteiger partial charge in [0.2, 0.25) is 10.0 Å². The fourth-order valence-electron chi connectivity index (χ4n) is 4.99. The molecule has 2 fully saturated rings. The van der Waals surface area contributed by atoms with Gasteiger partial charge in [0.25, 0.3) is 0 Å². The Morgan fingerprint density at radius 2 is 1.79 bits per heavy atom. The SMILES string of the molecule is Cc1ccc(N2CCN(C(C)C)CC2)cc1S(=O)(=O)NC1(c2ccc(F)c3ncccc23)CC1. The third-order valence-corrected chi connectivity index (χ3v) is 8.87. The van der Waals surface area contributed by atoms with Gasteiger partial charge in [-0.25, -0.2) is 17.5 Å². The molecule has 2 aliphatic rings. The largest absolute Gasteiger partial charge is 0.369 e. The van der Waals surface area contributed by atoms with Gasteiger partial charge in [-0.05, 0) is 69.0 Å². The number of rotatable bonds is 6. The molecule has 8 heteroatoms. The highest BCUT2D eigenvalue weighted by Crippen LogP contribution is 2.49. The summed E-state index contributed by atoms with van der Waals surface area (Å²) in [4.78, 5) is 9.15. The molecular formula is C26H31FN4O2S. The summed E-state index contributed by atoms with van der Waals surface area (Å²) in [6.45, 7) is 9.88. The molecular weight excluding hydrogens is 451 g/mol. The van der Waals surface area contributed by atoms with Gasteiger partial charge in [-0.15, -0.1) is 0 Å². The molecule has 34 heavy (non-hydrogen) atoms. The van der Waals surface area contributed by atoms with Gasteiger partial charge in [-0.2, -0.15) is 0 Å². The van der Waals surface area contributed by atoms with E-state index < -0.39 is 21.4 Å². The predicted octanol–water partition coefficient (Wildman–Crippen LogP) is 4.18. The minimum atomic E-state index is -3.80. The smallest absolute Gasteiger partial charge is 0.241 e. The van der Waals surface area contributed by atoms with Crippen molar-refractivity contribution >= 4 is 26.6 Å². The lowest BCUT2D eigenvalue weighted by Crippen LogP contribution is -2.49. The topological polar surface area (TPSA) is 65.5 Å². The van der Waals surface area contributed by atoms with Crippen molar-refractivity contribution in [3.05, 3.63) is 65.6 Å². The average molecular weight is 483 g/mol. The van der Waals surface area contributed by atoms with Crippen molar-refractivity contribution in [2.75, 3.05) is 31.1 Å². The lowest BCUT2D eigenvalue weighted by molar-refractivity contribution is 0.209. The summed E-state index contributed by atoms with van der Waals surface area (Å²) in [6, 6.07) is 12.8. The van der Waals surface area contributed by atoms with Crippen LogP contribution >= 0.6 is 0 Å². The quantitative estimate of drug-likeness (QED) is 0.571. The van der Waals surface area contributed by atoms with Gasteiger partial charge in [-0.1, -0.05) is 18.2 Å². The Kier molecular flexibility index (Phi) is 5.86. The molecule has 0 atom stereocenters. The van der Waals surface area contributed by atoms with E-state index in [0.29, 0.717) is 34.7 Å². The molecule has 0 bridgehead atoms. The van der Waals surface area contributed by atoms with Crippen LogP contribution < -0.4 is 9.62 Å². The normalized spacial score (nSPS) is 18.6. The lowest BCUT2D eigenvalue weighted by atomic mass is 10.00. The molecule has 1 aliphatic heterocycles. The Hall–Kier alpha value is -2.55. The van der Waals surface area contributed by atoms with Crippen LogP contribution in [-0.4, -0.2) is 50.5 Å². The molecule has 0 radical (unpaired) electrons. The van der Waals surface area contributed by atoms with E-state index in [4.69, 9.17) is 0 Å². The van der Waals surface area contributed by atoms with E-state index in [0.717, 1.165) is 37.4 Å². The molecule has 1 saturated heterocycles. The van der Waals surface area contributed by atoms with Crippen molar-refractivity contribution < 1.29 is 12.8 Å². The molecule has 180 valence electrons. The highest BCUT2D eigenvalue weighted by atomic mass is 32.2. The molecule has 1 aliphatic carbocycles. The minimum absolute atomic E-state index is 0.268. The molecule has 1 N–H and O–H groups in total. The number of fused-ring (bicyclic) bond motifs is 1. The molecule has 3 aromatic rings. The first kappa shape index (κ1) is 23.2. The van der Waals surface area contributed by atoms with Crippen LogP contribution in [0.25, 0.3) is 10.9 Å². The number of aromatic nitrogens is 1. The zero-order valence-corrected chi connectivity index (χ0v) is 20.7. The fraction of sp³-hybridized carbons (Fsp3) is 0.423. The molecule has 5 rings (SSSR count). The number of sulfonamides is 1. The van der Waals surface area contributed by atoms with E-state index >= 15 is 0 Å². The number of piperazine rings is 1. The summed E-state index contributed by atoms with van der Waals surface area (Å²) in [6.07, 6.45) is 2.88. The van der Waals surface area contributed by atoms with Crippen molar-refractivity contribution in [1.29, 1.82) is 0 Å². The summed E-state index contributed by atoms with van der Waals surface area (Å²) in [7, 11) is -3.80.